The first kappa shape index (κ1) is 24.7. The van der Waals surface area contributed by atoms with Crippen molar-refractivity contribution in [3.05, 3.63) is 47.4 Å². The highest BCUT2D eigenvalue weighted by atomic mass is 35.5. The van der Waals surface area contributed by atoms with Crippen molar-refractivity contribution in [3.8, 4) is 5.75 Å². The largest absolute Gasteiger partial charge is 0.489 e. The molecular weight excluding hydrogens is 491 g/mol. The lowest BCUT2D eigenvalue weighted by Crippen LogP contribution is -2.52. The minimum absolute atomic E-state index is 0.196. The van der Waals surface area contributed by atoms with Crippen LogP contribution in [0.5, 0.6) is 5.75 Å². The van der Waals surface area contributed by atoms with Gasteiger partial charge in [0.15, 0.2) is 11.6 Å². The van der Waals surface area contributed by atoms with E-state index in [1.165, 1.54) is 18.9 Å². The fourth-order valence-corrected chi connectivity index (χ4v) is 6.69. The summed E-state index contributed by atoms with van der Waals surface area (Å²) in [6.45, 7) is 4.42. The second-order valence-corrected chi connectivity index (χ2v) is 11.9. The molecule has 1 N–H and O–H groups in total. The molecule has 0 unspecified atom stereocenters. The van der Waals surface area contributed by atoms with Gasteiger partial charge in [0.05, 0.1) is 6.61 Å². The molecule has 1 saturated heterocycles. The fraction of sp³-hybridized carbons (Fsp3) is 0.560. The molecule has 0 amide bonds. The Labute approximate surface area is 211 Å². The smallest absolute Gasteiger partial charge is 0.243 e. The van der Waals surface area contributed by atoms with E-state index in [0.29, 0.717) is 12.0 Å². The number of anilines is 1. The highest BCUT2D eigenvalue weighted by Gasteiger charge is 2.32. The van der Waals surface area contributed by atoms with Crippen LogP contribution < -0.4 is 14.4 Å². The third kappa shape index (κ3) is 6.07. The number of ether oxygens (including phenoxy) is 1. The van der Waals surface area contributed by atoms with Gasteiger partial charge in [0, 0.05) is 49.5 Å². The predicted molar refractivity (Wildman–Crippen MR) is 134 cm³/mol. The van der Waals surface area contributed by atoms with Crippen LogP contribution in [0, 0.1) is 11.7 Å². The van der Waals surface area contributed by atoms with E-state index < -0.39 is 20.7 Å². The van der Waals surface area contributed by atoms with Crippen molar-refractivity contribution in [3.63, 3.8) is 0 Å². The Hall–Kier alpha value is -1.94. The van der Waals surface area contributed by atoms with Gasteiger partial charge in [-0.15, -0.1) is 0 Å². The topological polar surface area (TPSA) is 74.8 Å². The highest BCUT2D eigenvalue weighted by molar-refractivity contribution is 7.89. The molecule has 35 heavy (non-hydrogen) atoms. The molecule has 0 bridgehead atoms. The SMILES string of the molecule is O=S(=O)(N[C@H]1CC[C@H](N2CCN(c3ncccc3OCC3CC3)CC2)CC1)c1cc(Cl)ccc1F. The number of rotatable bonds is 8. The maximum atomic E-state index is 14.1. The van der Waals surface area contributed by atoms with Gasteiger partial charge in [-0.3, -0.25) is 4.90 Å². The van der Waals surface area contributed by atoms with E-state index in [2.05, 4.69) is 19.5 Å². The van der Waals surface area contributed by atoms with Gasteiger partial charge >= 0.3 is 0 Å². The summed E-state index contributed by atoms with van der Waals surface area (Å²) in [6, 6.07) is 7.75. The molecule has 7 nitrogen and oxygen atoms in total. The highest BCUT2D eigenvalue weighted by Crippen LogP contribution is 2.33. The Morgan fingerprint density at radius 3 is 2.51 bits per heavy atom. The third-order valence-electron chi connectivity index (χ3n) is 7.25. The van der Waals surface area contributed by atoms with Crippen LogP contribution in [0.3, 0.4) is 0 Å². The summed E-state index contributed by atoms with van der Waals surface area (Å²) in [6.07, 6.45) is 7.61. The van der Waals surface area contributed by atoms with Crippen LogP contribution in [0.2, 0.25) is 5.02 Å². The normalized spacial score (nSPS) is 23.9. The van der Waals surface area contributed by atoms with E-state index in [1.807, 2.05) is 18.3 Å². The molecular formula is C25H32ClFN4O3S. The van der Waals surface area contributed by atoms with Crippen molar-refractivity contribution in [1.82, 2.24) is 14.6 Å². The van der Waals surface area contributed by atoms with Gasteiger partial charge in [-0.05, 0) is 74.8 Å². The summed E-state index contributed by atoms with van der Waals surface area (Å²) in [7, 11) is -3.95. The molecule has 190 valence electrons. The number of hydrogen-bond acceptors (Lipinski definition) is 6. The molecule has 0 radical (unpaired) electrons. The van der Waals surface area contributed by atoms with Gasteiger partial charge in [-0.2, -0.15) is 0 Å². The number of piperazine rings is 1. The summed E-state index contributed by atoms with van der Waals surface area (Å²) in [5.41, 5.74) is 0. The first-order valence-electron chi connectivity index (χ1n) is 12.4. The Balaban J connectivity index is 1.12. The molecule has 1 aromatic carbocycles. The average molecular weight is 523 g/mol. The Kier molecular flexibility index (Phi) is 7.48. The number of benzene rings is 1. The van der Waals surface area contributed by atoms with E-state index in [1.54, 1.807) is 0 Å². The Morgan fingerprint density at radius 1 is 1.06 bits per heavy atom. The zero-order chi connectivity index (χ0) is 24.4. The molecule has 3 fully saturated rings. The standard InChI is InChI=1S/C25H32ClFN4O3S/c26-19-5-10-22(27)24(16-19)35(32,33)29-20-6-8-21(9-7-20)30-12-14-31(15-13-30)25-23(2-1-11-28-25)34-17-18-3-4-18/h1-2,5,10-11,16,18,20-21,29H,3-4,6-9,12-15,17H2/t20-,21-. The summed E-state index contributed by atoms with van der Waals surface area (Å²) in [5, 5.41) is 0.196. The van der Waals surface area contributed by atoms with Crippen molar-refractivity contribution in [2.45, 2.75) is 55.5 Å². The minimum atomic E-state index is -3.95. The quantitative estimate of drug-likeness (QED) is 0.563. The van der Waals surface area contributed by atoms with E-state index in [0.717, 1.165) is 82.2 Å². The van der Waals surface area contributed by atoms with E-state index in [4.69, 9.17) is 16.3 Å². The predicted octanol–water partition coefficient (Wildman–Crippen LogP) is 4.07. The lowest BCUT2D eigenvalue weighted by atomic mass is 9.90. The summed E-state index contributed by atoms with van der Waals surface area (Å²) >= 11 is 5.88. The van der Waals surface area contributed by atoms with Crippen LogP contribution >= 0.6 is 11.6 Å². The molecule has 10 heteroatoms. The fourth-order valence-electron chi connectivity index (χ4n) is 5.05. The lowest BCUT2D eigenvalue weighted by Gasteiger charge is -2.42. The molecule has 2 aromatic rings. The van der Waals surface area contributed by atoms with Crippen molar-refractivity contribution in [2.75, 3.05) is 37.7 Å². The van der Waals surface area contributed by atoms with Gasteiger partial charge in [0.25, 0.3) is 0 Å². The van der Waals surface area contributed by atoms with Crippen molar-refractivity contribution >= 4 is 27.4 Å². The first-order chi connectivity index (χ1) is 16.9. The number of sulfonamides is 1. The molecule has 2 heterocycles. The number of hydrogen-bond donors (Lipinski definition) is 1. The molecule has 1 aliphatic heterocycles. The molecule has 1 aromatic heterocycles. The van der Waals surface area contributed by atoms with Crippen LogP contribution in [0.25, 0.3) is 0 Å². The second kappa shape index (κ2) is 10.6. The minimum Gasteiger partial charge on any atom is -0.489 e. The van der Waals surface area contributed by atoms with E-state index >= 15 is 0 Å². The molecule has 0 spiro atoms. The molecule has 5 rings (SSSR count). The first-order valence-corrected chi connectivity index (χ1v) is 14.3. The van der Waals surface area contributed by atoms with Gasteiger partial charge in [0.2, 0.25) is 10.0 Å². The number of pyridine rings is 1. The number of nitrogens with one attached hydrogen (secondary N) is 1. The third-order valence-corrected chi connectivity index (χ3v) is 9.02. The zero-order valence-corrected chi connectivity index (χ0v) is 21.3. The van der Waals surface area contributed by atoms with E-state index in [-0.39, 0.29) is 11.1 Å². The summed E-state index contributed by atoms with van der Waals surface area (Å²) in [5.74, 6) is 1.71. The summed E-state index contributed by atoms with van der Waals surface area (Å²) in [4.78, 5) is 9.02. The zero-order valence-electron chi connectivity index (χ0n) is 19.7. The Bertz CT molecular complexity index is 1130. The number of halogens is 2. The monoisotopic (exact) mass is 522 g/mol. The molecule has 3 aliphatic rings. The molecule has 2 aliphatic carbocycles. The van der Waals surface area contributed by atoms with Gasteiger partial charge in [-0.1, -0.05) is 11.6 Å². The van der Waals surface area contributed by atoms with Crippen LogP contribution in [0.15, 0.2) is 41.4 Å². The molecule has 2 saturated carbocycles. The second-order valence-electron chi connectivity index (χ2n) is 9.80. The van der Waals surface area contributed by atoms with Gasteiger partial charge < -0.3 is 9.64 Å². The van der Waals surface area contributed by atoms with Crippen molar-refractivity contribution in [1.29, 1.82) is 0 Å². The average Bonchev–Trinajstić information content (AvgIpc) is 3.69. The molecule has 0 atom stereocenters. The van der Waals surface area contributed by atoms with Crippen molar-refractivity contribution in [2.24, 2.45) is 5.92 Å². The van der Waals surface area contributed by atoms with Crippen LogP contribution in [0.1, 0.15) is 38.5 Å². The maximum absolute atomic E-state index is 14.1. The van der Waals surface area contributed by atoms with Crippen molar-refractivity contribution < 1.29 is 17.5 Å². The maximum Gasteiger partial charge on any atom is 0.243 e. The number of nitrogens with zero attached hydrogens (tertiary/aromatic N) is 3. The van der Waals surface area contributed by atoms with Crippen LogP contribution in [0.4, 0.5) is 10.2 Å². The van der Waals surface area contributed by atoms with Gasteiger partial charge in [-0.25, -0.2) is 22.5 Å². The van der Waals surface area contributed by atoms with Crippen LogP contribution in [-0.2, 0) is 10.0 Å². The van der Waals surface area contributed by atoms with Crippen LogP contribution in [-0.4, -0.2) is 63.2 Å². The van der Waals surface area contributed by atoms with E-state index in [9.17, 15) is 12.8 Å². The van der Waals surface area contributed by atoms with Gasteiger partial charge in [0.1, 0.15) is 10.7 Å². The lowest BCUT2D eigenvalue weighted by molar-refractivity contribution is 0.139. The summed E-state index contributed by atoms with van der Waals surface area (Å²) < 4.78 is 48.2. The Morgan fingerprint density at radius 2 is 1.80 bits per heavy atom. The number of aromatic nitrogens is 1.